The second kappa shape index (κ2) is 10.6. The van der Waals surface area contributed by atoms with Gasteiger partial charge < -0.3 is 20.3 Å². The molecule has 0 aromatic heterocycles. The summed E-state index contributed by atoms with van der Waals surface area (Å²) in [6.45, 7) is 10.3. The summed E-state index contributed by atoms with van der Waals surface area (Å²) in [5.74, 6) is -0.535. The second-order valence-corrected chi connectivity index (χ2v) is 8.59. The molecule has 1 heterocycles. The van der Waals surface area contributed by atoms with Crippen molar-refractivity contribution in [2.75, 3.05) is 11.9 Å². The van der Waals surface area contributed by atoms with Crippen molar-refractivity contribution in [2.45, 2.75) is 53.2 Å². The fourth-order valence-corrected chi connectivity index (χ4v) is 4.19. The first-order valence-electron chi connectivity index (χ1n) is 11.2. The van der Waals surface area contributed by atoms with E-state index in [2.05, 4.69) is 17.6 Å². The van der Waals surface area contributed by atoms with Gasteiger partial charge in [0.1, 0.15) is 0 Å². The maximum Gasteiger partial charge on any atom is 0.338 e. The highest BCUT2D eigenvalue weighted by Crippen LogP contribution is 2.32. The van der Waals surface area contributed by atoms with E-state index in [1.807, 2.05) is 81.1 Å². The zero-order valence-electron chi connectivity index (χ0n) is 19.8. The number of hydrogen-bond donors (Lipinski definition) is 2. The zero-order valence-corrected chi connectivity index (χ0v) is 20.6. The number of hydrogen-bond acceptors (Lipinski definition) is 4. The lowest BCUT2D eigenvalue weighted by Crippen LogP contribution is -2.47. The van der Waals surface area contributed by atoms with Crippen molar-refractivity contribution >= 4 is 34.9 Å². The number of rotatable bonds is 7. The van der Waals surface area contributed by atoms with E-state index in [0.29, 0.717) is 28.5 Å². The molecule has 33 heavy (non-hydrogen) atoms. The maximum absolute atomic E-state index is 12.9. The van der Waals surface area contributed by atoms with E-state index in [0.717, 1.165) is 17.7 Å². The Balaban J connectivity index is 1.83. The van der Waals surface area contributed by atoms with Gasteiger partial charge in [0.2, 0.25) is 0 Å². The van der Waals surface area contributed by atoms with Gasteiger partial charge in [-0.3, -0.25) is 4.79 Å². The molecule has 0 spiro atoms. The van der Waals surface area contributed by atoms with Crippen molar-refractivity contribution in [1.29, 1.82) is 0 Å². The second-order valence-electron chi connectivity index (χ2n) is 8.21. The molecule has 0 aliphatic carbocycles. The van der Waals surface area contributed by atoms with Crippen LogP contribution in [0.2, 0.25) is 0 Å². The third-order valence-corrected chi connectivity index (χ3v) is 5.94. The highest BCUT2D eigenvalue weighted by molar-refractivity contribution is 7.80. The summed E-state index contributed by atoms with van der Waals surface area (Å²) < 4.78 is 5.52. The largest absolute Gasteiger partial charge is 0.459 e. The molecule has 2 aromatic rings. The zero-order chi connectivity index (χ0) is 24.1. The molecular formula is C26H31N3O3S. The predicted molar refractivity (Wildman–Crippen MR) is 135 cm³/mol. The number of amides is 1. The lowest BCUT2D eigenvalue weighted by atomic mass is 9.94. The lowest BCUT2D eigenvalue weighted by Gasteiger charge is -2.37. The molecule has 0 saturated heterocycles. The Hall–Kier alpha value is -3.19. The third kappa shape index (κ3) is 5.60. The summed E-state index contributed by atoms with van der Waals surface area (Å²) in [6, 6.07) is 14.6. The number of nitrogens with one attached hydrogen (secondary N) is 2. The molecule has 1 unspecified atom stereocenters. The molecule has 1 aliphatic heterocycles. The fourth-order valence-electron chi connectivity index (χ4n) is 3.81. The van der Waals surface area contributed by atoms with Crippen LogP contribution in [0.15, 0.2) is 59.8 Å². The van der Waals surface area contributed by atoms with Crippen LogP contribution in [0.5, 0.6) is 0 Å². The number of anilines is 1. The first-order valence-corrected chi connectivity index (χ1v) is 11.7. The van der Waals surface area contributed by atoms with Crippen molar-refractivity contribution < 1.29 is 14.3 Å². The van der Waals surface area contributed by atoms with Crippen LogP contribution in [0, 0.1) is 0 Å². The summed E-state index contributed by atoms with van der Waals surface area (Å²) in [5.41, 5.74) is 4.63. The minimum atomic E-state index is -0.433. The first kappa shape index (κ1) is 24.5. The molecular weight excluding hydrogens is 434 g/mol. The van der Waals surface area contributed by atoms with Crippen LogP contribution < -0.4 is 10.6 Å². The molecule has 6 nitrogen and oxygen atoms in total. The van der Waals surface area contributed by atoms with Gasteiger partial charge in [-0.2, -0.15) is 0 Å². The van der Waals surface area contributed by atoms with Crippen LogP contribution in [0.4, 0.5) is 5.69 Å². The molecule has 7 heteroatoms. The monoisotopic (exact) mass is 465 g/mol. The number of ether oxygens (including phenoxy) is 1. The van der Waals surface area contributed by atoms with E-state index >= 15 is 0 Å². The SMILES string of the molecule is CCc1ccc(C(=O)Nc2ccc(C3NC(=S)N(CC)C(C)=C3C(=O)OC(C)C)cc2)cc1. The molecule has 1 amide bonds. The smallest absolute Gasteiger partial charge is 0.338 e. The summed E-state index contributed by atoms with van der Waals surface area (Å²) in [5, 5.41) is 6.76. The van der Waals surface area contributed by atoms with Crippen LogP contribution in [0.25, 0.3) is 0 Å². The van der Waals surface area contributed by atoms with Gasteiger partial charge in [0.15, 0.2) is 5.11 Å². The number of aryl methyl sites for hydroxylation is 1. The summed E-state index contributed by atoms with van der Waals surface area (Å²) in [7, 11) is 0. The Morgan fingerprint density at radius 3 is 2.27 bits per heavy atom. The standard InChI is InChI=1S/C26H31N3O3S/c1-6-18-8-10-20(11-9-18)24(30)27-21-14-12-19(13-15-21)23-22(25(31)32-16(3)4)17(5)29(7-2)26(33)28-23/h8-16,23H,6-7H2,1-5H3,(H,27,30)(H,28,33). The third-order valence-electron chi connectivity index (χ3n) is 5.60. The van der Waals surface area contributed by atoms with Gasteiger partial charge in [-0.25, -0.2) is 4.79 Å². The number of nitrogens with zero attached hydrogens (tertiary/aromatic N) is 1. The van der Waals surface area contributed by atoms with Crippen LogP contribution in [0.1, 0.15) is 62.1 Å². The maximum atomic E-state index is 12.9. The van der Waals surface area contributed by atoms with Crippen LogP contribution in [-0.4, -0.2) is 34.5 Å². The molecule has 3 rings (SSSR count). The van der Waals surface area contributed by atoms with Crippen molar-refractivity contribution in [3.8, 4) is 0 Å². The number of carbonyl (C=O) groups is 2. The summed E-state index contributed by atoms with van der Waals surface area (Å²) in [6.07, 6.45) is 0.699. The van der Waals surface area contributed by atoms with E-state index in [1.165, 1.54) is 5.56 Å². The molecule has 0 fully saturated rings. The van der Waals surface area contributed by atoms with Gasteiger partial charge in [-0.1, -0.05) is 31.2 Å². The van der Waals surface area contributed by atoms with Gasteiger partial charge in [-0.05, 0) is 81.7 Å². The topological polar surface area (TPSA) is 70.7 Å². The van der Waals surface area contributed by atoms with E-state index in [-0.39, 0.29) is 18.0 Å². The van der Waals surface area contributed by atoms with Crippen LogP contribution in [0.3, 0.4) is 0 Å². The van der Waals surface area contributed by atoms with Crippen LogP contribution >= 0.6 is 12.2 Å². The minimum Gasteiger partial charge on any atom is -0.459 e. The molecule has 0 saturated carbocycles. The highest BCUT2D eigenvalue weighted by Gasteiger charge is 2.34. The molecule has 174 valence electrons. The Morgan fingerprint density at radius 1 is 1.09 bits per heavy atom. The summed E-state index contributed by atoms with van der Waals surface area (Å²) in [4.78, 5) is 27.4. The number of carbonyl (C=O) groups excluding carboxylic acids is 2. The van der Waals surface area contributed by atoms with Gasteiger partial charge in [-0.15, -0.1) is 0 Å². The quantitative estimate of drug-likeness (QED) is 0.444. The van der Waals surface area contributed by atoms with Gasteiger partial charge in [0.25, 0.3) is 5.91 Å². The van der Waals surface area contributed by atoms with Crippen molar-refractivity contribution in [3.05, 3.63) is 76.5 Å². The molecule has 2 N–H and O–H groups in total. The van der Waals surface area contributed by atoms with E-state index in [4.69, 9.17) is 17.0 Å². The molecule has 0 bridgehead atoms. The molecule has 2 aromatic carbocycles. The number of thiocarbonyl (C=S) groups is 1. The van der Waals surface area contributed by atoms with E-state index in [1.54, 1.807) is 0 Å². The van der Waals surface area contributed by atoms with Crippen molar-refractivity contribution in [2.24, 2.45) is 0 Å². The Bertz CT molecular complexity index is 1060. The Morgan fingerprint density at radius 2 is 1.73 bits per heavy atom. The predicted octanol–water partition coefficient (Wildman–Crippen LogP) is 4.98. The first-order chi connectivity index (χ1) is 15.7. The number of benzene rings is 2. The average Bonchev–Trinajstić information content (AvgIpc) is 2.79. The Kier molecular flexibility index (Phi) is 7.87. The average molecular weight is 466 g/mol. The van der Waals surface area contributed by atoms with E-state index < -0.39 is 6.04 Å². The molecule has 1 aliphatic rings. The number of allylic oxidation sites excluding steroid dienone is 1. The van der Waals surface area contributed by atoms with Crippen LogP contribution in [-0.2, 0) is 16.0 Å². The van der Waals surface area contributed by atoms with E-state index in [9.17, 15) is 9.59 Å². The summed E-state index contributed by atoms with van der Waals surface area (Å²) >= 11 is 5.53. The molecule has 1 atom stereocenters. The minimum absolute atomic E-state index is 0.169. The van der Waals surface area contributed by atoms with Crippen molar-refractivity contribution in [1.82, 2.24) is 10.2 Å². The fraction of sp³-hybridized carbons (Fsp3) is 0.346. The number of esters is 1. The highest BCUT2D eigenvalue weighted by atomic mass is 32.1. The van der Waals surface area contributed by atoms with Gasteiger partial charge >= 0.3 is 5.97 Å². The van der Waals surface area contributed by atoms with Gasteiger partial charge in [0, 0.05) is 23.5 Å². The van der Waals surface area contributed by atoms with Gasteiger partial charge in [0.05, 0.1) is 17.7 Å². The molecule has 0 radical (unpaired) electrons. The van der Waals surface area contributed by atoms with Crippen molar-refractivity contribution in [3.63, 3.8) is 0 Å². The lowest BCUT2D eigenvalue weighted by molar-refractivity contribution is -0.143. The Labute approximate surface area is 201 Å². The normalized spacial score (nSPS) is 16.0.